The van der Waals surface area contributed by atoms with Crippen LogP contribution in [0.2, 0.25) is 5.02 Å². The number of hydrogen-bond acceptors (Lipinski definition) is 4. The first-order valence-corrected chi connectivity index (χ1v) is 7.73. The lowest BCUT2D eigenvalue weighted by atomic mass is 10.2. The van der Waals surface area contributed by atoms with Gasteiger partial charge in [0.15, 0.2) is 5.00 Å². The van der Waals surface area contributed by atoms with Gasteiger partial charge in [0.05, 0.1) is 23.5 Å². The second kappa shape index (κ2) is 5.08. The maximum absolute atomic E-state index is 6.41. The number of hydrogen-bond donors (Lipinski definition) is 0. The van der Waals surface area contributed by atoms with Gasteiger partial charge in [0.1, 0.15) is 5.04 Å². The normalized spacial score (nSPS) is 26.4. The molecule has 19 heavy (non-hydrogen) atoms. The summed E-state index contributed by atoms with van der Waals surface area (Å²) in [5, 5.41) is 1.60. The fourth-order valence-corrected chi connectivity index (χ4v) is 3.10. The maximum atomic E-state index is 6.41. The van der Waals surface area contributed by atoms with Crippen molar-refractivity contribution in [3.8, 4) is 0 Å². The highest BCUT2D eigenvalue weighted by atomic mass is 35.5. The molecule has 0 radical (unpaired) electrons. The minimum absolute atomic E-state index is 0.492. The average molecular weight is 314 g/mol. The molecule has 2 heterocycles. The number of aromatic nitrogens is 1. The molecule has 3 nitrogen and oxygen atoms in total. The second-order valence-electron chi connectivity index (χ2n) is 4.94. The van der Waals surface area contributed by atoms with Crippen molar-refractivity contribution in [2.24, 2.45) is 9.98 Å². The molecule has 0 bridgehead atoms. The van der Waals surface area contributed by atoms with Crippen molar-refractivity contribution in [3.05, 3.63) is 23.0 Å². The average Bonchev–Trinajstić information content (AvgIpc) is 3.18. The smallest absolute Gasteiger partial charge is 0.150 e. The molecule has 1 aliphatic carbocycles. The van der Waals surface area contributed by atoms with Crippen LogP contribution >= 0.6 is 35.0 Å². The van der Waals surface area contributed by atoms with Crippen molar-refractivity contribution in [1.29, 1.82) is 0 Å². The van der Waals surface area contributed by atoms with Gasteiger partial charge in [-0.05, 0) is 25.8 Å². The molecule has 0 N–H and O–H groups in total. The van der Waals surface area contributed by atoms with Crippen LogP contribution in [0, 0.1) is 0 Å². The lowest BCUT2D eigenvalue weighted by Gasteiger charge is -2.18. The highest BCUT2D eigenvalue weighted by Crippen LogP contribution is 2.44. The molecule has 1 aromatic heterocycles. The Bertz CT molecular complexity index is 565. The summed E-state index contributed by atoms with van der Waals surface area (Å²) < 4.78 is 0. The van der Waals surface area contributed by atoms with Crippen LogP contribution in [0.1, 0.15) is 31.4 Å². The van der Waals surface area contributed by atoms with E-state index < -0.39 is 5.00 Å². The van der Waals surface area contributed by atoms with E-state index in [1.54, 1.807) is 6.21 Å². The fraction of sp³-hybridized carbons (Fsp3) is 0.462. The first-order chi connectivity index (χ1) is 9.05. The summed E-state index contributed by atoms with van der Waals surface area (Å²) in [5.74, 6) is 0.543. The number of pyridine rings is 1. The zero-order valence-corrected chi connectivity index (χ0v) is 12.8. The molecular formula is C13H13Cl2N3S. The second-order valence-corrected chi connectivity index (χ2v) is 7.19. The van der Waals surface area contributed by atoms with Crippen LogP contribution in [-0.2, 0) is 0 Å². The molecular weight excluding hydrogens is 301 g/mol. The summed E-state index contributed by atoms with van der Waals surface area (Å²) in [4.78, 5) is 13.5. The summed E-state index contributed by atoms with van der Waals surface area (Å²) in [6.07, 6.45) is 5.91. The van der Waals surface area contributed by atoms with Crippen LogP contribution in [-0.4, -0.2) is 27.8 Å². The van der Waals surface area contributed by atoms with Crippen LogP contribution in [0.5, 0.6) is 0 Å². The highest BCUT2D eigenvalue weighted by Gasteiger charge is 2.28. The maximum Gasteiger partial charge on any atom is 0.150 e. The minimum Gasteiger partial charge on any atom is -0.273 e. The Hall–Kier alpha value is -0.580. The molecule has 1 atom stereocenters. The van der Waals surface area contributed by atoms with E-state index in [4.69, 9.17) is 23.2 Å². The number of thioether (sulfide) groups is 1. The third kappa shape index (κ3) is 3.12. The van der Waals surface area contributed by atoms with E-state index in [0.717, 1.165) is 20.7 Å². The van der Waals surface area contributed by atoms with Gasteiger partial charge in [0.2, 0.25) is 0 Å². The molecule has 0 spiro atoms. The molecule has 3 rings (SSSR count). The number of nitrogens with zero attached hydrogens (tertiary/aromatic N) is 3. The molecule has 0 saturated heterocycles. The first-order valence-electron chi connectivity index (χ1n) is 6.16. The van der Waals surface area contributed by atoms with E-state index in [-0.39, 0.29) is 0 Å². The number of alkyl halides is 1. The van der Waals surface area contributed by atoms with Gasteiger partial charge in [0, 0.05) is 17.0 Å². The van der Waals surface area contributed by atoms with Gasteiger partial charge in [-0.15, -0.1) is 0 Å². The van der Waals surface area contributed by atoms with Crippen molar-refractivity contribution in [1.82, 2.24) is 4.98 Å². The summed E-state index contributed by atoms with van der Waals surface area (Å²) in [6, 6.07) is 1.92. The van der Waals surface area contributed by atoms with Crippen molar-refractivity contribution in [2.75, 3.05) is 6.54 Å². The molecule has 1 fully saturated rings. The van der Waals surface area contributed by atoms with Gasteiger partial charge in [0.25, 0.3) is 0 Å². The molecule has 1 unspecified atom stereocenters. The Balaban J connectivity index is 1.79. The lowest BCUT2D eigenvalue weighted by molar-refractivity contribution is 0.678. The molecule has 100 valence electrons. The summed E-state index contributed by atoms with van der Waals surface area (Å²) in [5.41, 5.74) is 1.02. The van der Waals surface area contributed by atoms with Crippen molar-refractivity contribution in [2.45, 2.75) is 35.6 Å². The van der Waals surface area contributed by atoms with E-state index >= 15 is 0 Å². The first kappa shape index (κ1) is 13.4. The number of halogens is 2. The Morgan fingerprint density at radius 2 is 2.21 bits per heavy atom. The molecule has 6 heteroatoms. The Morgan fingerprint density at radius 1 is 1.42 bits per heavy atom. The van der Waals surface area contributed by atoms with E-state index in [1.807, 2.05) is 19.2 Å². The van der Waals surface area contributed by atoms with Crippen molar-refractivity contribution < 1.29 is 0 Å². The van der Waals surface area contributed by atoms with Crippen molar-refractivity contribution >= 4 is 46.2 Å². The van der Waals surface area contributed by atoms with Crippen LogP contribution in [0.25, 0.3) is 0 Å². The molecule has 0 amide bonds. The summed E-state index contributed by atoms with van der Waals surface area (Å²) in [7, 11) is 0. The minimum atomic E-state index is -0.606. The zero-order chi connectivity index (χ0) is 13.5. The summed E-state index contributed by atoms with van der Waals surface area (Å²) in [6.45, 7) is 2.34. The van der Waals surface area contributed by atoms with Gasteiger partial charge >= 0.3 is 0 Å². The third-order valence-corrected chi connectivity index (χ3v) is 4.76. The summed E-state index contributed by atoms with van der Waals surface area (Å²) >= 11 is 14.0. The van der Waals surface area contributed by atoms with Crippen LogP contribution in [0.4, 0.5) is 0 Å². The highest BCUT2D eigenvalue weighted by molar-refractivity contribution is 8.15. The van der Waals surface area contributed by atoms with E-state index in [9.17, 15) is 0 Å². The monoisotopic (exact) mass is 313 g/mol. The molecule has 0 aromatic carbocycles. The van der Waals surface area contributed by atoms with E-state index in [0.29, 0.717) is 12.5 Å². The zero-order valence-electron chi connectivity index (χ0n) is 10.4. The largest absolute Gasteiger partial charge is 0.273 e. The predicted molar refractivity (Wildman–Crippen MR) is 82.1 cm³/mol. The molecule has 2 aliphatic rings. The Kier molecular flexibility index (Phi) is 3.58. The Morgan fingerprint density at radius 3 is 2.84 bits per heavy atom. The van der Waals surface area contributed by atoms with E-state index in [1.165, 1.54) is 24.6 Å². The molecule has 1 saturated carbocycles. The number of rotatable bonds is 2. The topological polar surface area (TPSA) is 37.6 Å². The van der Waals surface area contributed by atoms with Gasteiger partial charge in [-0.25, -0.2) is 0 Å². The van der Waals surface area contributed by atoms with Gasteiger partial charge in [-0.1, -0.05) is 35.0 Å². The fourth-order valence-electron chi connectivity index (χ4n) is 1.83. The molecule has 1 aromatic rings. The van der Waals surface area contributed by atoms with E-state index in [2.05, 4.69) is 15.0 Å². The number of aliphatic imine (C=N–C) groups is 2. The predicted octanol–water partition coefficient (Wildman–Crippen LogP) is 4.14. The standard InChI is InChI=1S/C13H13Cl2N3S/c1-13(15)7-17-10(6-18-13)19-9-4-5-16-12(11(9)14)8-2-3-8/h4-6,8H,2-3,7H2,1H3. The third-order valence-electron chi connectivity index (χ3n) is 3.03. The van der Waals surface area contributed by atoms with Crippen LogP contribution < -0.4 is 0 Å². The SMILES string of the molecule is CC1(Cl)CN=C(Sc2ccnc(C3CC3)c2Cl)C=N1. The van der Waals surface area contributed by atoms with Gasteiger partial charge in [-0.2, -0.15) is 0 Å². The van der Waals surface area contributed by atoms with Gasteiger partial charge in [-0.3, -0.25) is 15.0 Å². The quantitative estimate of drug-likeness (QED) is 0.608. The van der Waals surface area contributed by atoms with Gasteiger partial charge < -0.3 is 0 Å². The van der Waals surface area contributed by atoms with Crippen molar-refractivity contribution in [3.63, 3.8) is 0 Å². The van der Waals surface area contributed by atoms with Crippen LogP contribution in [0.15, 0.2) is 27.1 Å². The van der Waals surface area contributed by atoms with Crippen LogP contribution in [0.3, 0.4) is 0 Å². The lowest BCUT2D eigenvalue weighted by Crippen LogP contribution is -2.23. The molecule has 1 aliphatic heterocycles. The Labute approximate surface area is 126 Å².